The molecule has 0 saturated carbocycles. The Hall–Kier alpha value is -1.24. The van der Waals surface area contributed by atoms with Crippen LogP contribution < -0.4 is 5.73 Å². The van der Waals surface area contributed by atoms with Gasteiger partial charge in [-0.3, -0.25) is 0 Å². The molecular weight excluding hydrogens is 158 g/mol. The highest BCUT2D eigenvalue weighted by Crippen LogP contribution is 2.41. The van der Waals surface area contributed by atoms with Gasteiger partial charge in [-0.2, -0.15) is 0 Å². The molecule has 2 N–H and O–H groups in total. The maximum Gasteiger partial charge on any atom is 0.0320 e. The average Bonchev–Trinajstić information content (AvgIpc) is 2.23. The van der Waals surface area contributed by atoms with E-state index in [4.69, 9.17) is 5.73 Å². The molecule has 0 spiro atoms. The molecule has 0 bridgehead atoms. The SMILES string of the molecule is CC1=Cc2cc(N)ccc2C1(C)C. The Labute approximate surface area is 79.3 Å². The van der Waals surface area contributed by atoms with Gasteiger partial charge in [-0.15, -0.1) is 0 Å². The number of nitrogen functional groups attached to an aromatic ring is 1. The van der Waals surface area contributed by atoms with Crippen LogP contribution in [0.1, 0.15) is 31.9 Å². The lowest BCUT2D eigenvalue weighted by atomic mass is 9.82. The highest BCUT2D eigenvalue weighted by Gasteiger charge is 2.29. The van der Waals surface area contributed by atoms with Crippen molar-refractivity contribution in [2.75, 3.05) is 5.73 Å². The third-order valence-electron chi connectivity index (χ3n) is 3.11. The van der Waals surface area contributed by atoms with E-state index < -0.39 is 0 Å². The maximum atomic E-state index is 5.74. The van der Waals surface area contributed by atoms with Gasteiger partial charge < -0.3 is 5.73 Å². The van der Waals surface area contributed by atoms with Gasteiger partial charge in [-0.1, -0.05) is 31.6 Å². The quantitative estimate of drug-likeness (QED) is 0.600. The Morgan fingerprint density at radius 3 is 2.62 bits per heavy atom. The first kappa shape index (κ1) is 8.36. The highest BCUT2D eigenvalue weighted by atomic mass is 14.5. The molecule has 1 heteroatoms. The molecule has 0 radical (unpaired) electrons. The van der Waals surface area contributed by atoms with E-state index >= 15 is 0 Å². The molecule has 0 unspecified atom stereocenters. The zero-order valence-corrected chi connectivity index (χ0v) is 8.39. The summed E-state index contributed by atoms with van der Waals surface area (Å²) in [7, 11) is 0. The van der Waals surface area contributed by atoms with Crippen LogP contribution in [0.25, 0.3) is 6.08 Å². The van der Waals surface area contributed by atoms with Crippen molar-refractivity contribution in [3.63, 3.8) is 0 Å². The van der Waals surface area contributed by atoms with Crippen LogP contribution in [0.5, 0.6) is 0 Å². The topological polar surface area (TPSA) is 26.0 Å². The van der Waals surface area contributed by atoms with Gasteiger partial charge in [0.1, 0.15) is 0 Å². The number of fused-ring (bicyclic) bond motifs is 1. The van der Waals surface area contributed by atoms with Crippen LogP contribution in [-0.2, 0) is 5.41 Å². The van der Waals surface area contributed by atoms with Gasteiger partial charge in [0.05, 0.1) is 0 Å². The Balaban J connectivity index is 2.65. The Kier molecular flexibility index (Phi) is 1.53. The molecule has 1 aromatic rings. The number of hydrogen-bond donors (Lipinski definition) is 1. The number of nitrogens with two attached hydrogens (primary N) is 1. The second kappa shape index (κ2) is 2.38. The van der Waals surface area contributed by atoms with Gasteiger partial charge in [0.25, 0.3) is 0 Å². The molecule has 2 rings (SSSR count). The summed E-state index contributed by atoms with van der Waals surface area (Å²) in [5, 5.41) is 0. The van der Waals surface area contributed by atoms with Crippen molar-refractivity contribution in [2.24, 2.45) is 0 Å². The second-order valence-corrected chi connectivity index (χ2v) is 4.30. The summed E-state index contributed by atoms with van der Waals surface area (Å²) in [6.45, 7) is 6.68. The van der Waals surface area contributed by atoms with Gasteiger partial charge in [0.15, 0.2) is 0 Å². The van der Waals surface area contributed by atoms with Crippen LogP contribution in [0, 0.1) is 0 Å². The number of rotatable bonds is 0. The second-order valence-electron chi connectivity index (χ2n) is 4.30. The molecule has 0 aliphatic heterocycles. The molecule has 0 fully saturated rings. The molecule has 0 atom stereocenters. The highest BCUT2D eigenvalue weighted by molar-refractivity contribution is 5.71. The minimum atomic E-state index is 0.184. The average molecular weight is 173 g/mol. The van der Waals surface area contributed by atoms with Crippen LogP contribution in [0.3, 0.4) is 0 Å². The Bertz CT molecular complexity index is 386. The van der Waals surface area contributed by atoms with Crippen molar-refractivity contribution in [2.45, 2.75) is 26.2 Å². The first-order chi connectivity index (χ1) is 6.01. The lowest BCUT2D eigenvalue weighted by Crippen LogP contribution is -2.15. The van der Waals surface area contributed by atoms with Crippen molar-refractivity contribution in [1.82, 2.24) is 0 Å². The van der Waals surface area contributed by atoms with E-state index in [1.807, 2.05) is 12.1 Å². The Morgan fingerprint density at radius 1 is 1.23 bits per heavy atom. The molecule has 0 amide bonds. The predicted octanol–water partition coefficient (Wildman–Crippen LogP) is 2.96. The van der Waals surface area contributed by atoms with Crippen molar-refractivity contribution in [1.29, 1.82) is 0 Å². The van der Waals surface area contributed by atoms with Gasteiger partial charge in [-0.05, 0) is 30.2 Å². The molecule has 1 aromatic carbocycles. The van der Waals surface area contributed by atoms with E-state index in [2.05, 4.69) is 32.9 Å². The third kappa shape index (κ3) is 1.07. The maximum absolute atomic E-state index is 5.74. The summed E-state index contributed by atoms with van der Waals surface area (Å²) in [6, 6.07) is 6.16. The van der Waals surface area contributed by atoms with Crippen LogP contribution in [0.4, 0.5) is 5.69 Å². The van der Waals surface area contributed by atoms with Gasteiger partial charge in [0, 0.05) is 11.1 Å². The summed E-state index contributed by atoms with van der Waals surface area (Å²) < 4.78 is 0. The fourth-order valence-electron chi connectivity index (χ4n) is 1.90. The molecule has 1 aliphatic carbocycles. The van der Waals surface area contributed by atoms with E-state index in [0.717, 1.165) is 5.69 Å². The summed E-state index contributed by atoms with van der Waals surface area (Å²) in [4.78, 5) is 0. The number of anilines is 1. The zero-order chi connectivity index (χ0) is 9.64. The number of allylic oxidation sites excluding steroid dienone is 1. The number of hydrogen-bond acceptors (Lipinski definition) is 1. The number of benzene rings is 1. The monoisotopic (exact) mass is 173 g/mol. The van der Waals surface area contributed by atoms with E-state index in [0.29, 0.717) is 0 Å². The predicted molar refractivity (Wildman–Crippen MR) is 57.5 cm³/mol. The van der Waals surface area contributed by atoms with E-state index in [1.54, 1.807) is 0 Å². The van der Waals surface area contributed by atoms with E-state index in [-0.39, 0.29) is 5.41 Å². The summed E-state index contributed by atoms with van der Waals surface area (Å²) in [6.07, 6.45) is 2.23. The molecule has 1 nitrogen and oxygen atoms in total. The molecule has 0 heterocycles. The first-order valence-corrected chi connectivity index (χ1v) is 4.60. The molecule has 0 aromatic heterocycles. The van der Waals surface area contributed by atoms with Crippen molar-refractivity contribution in [3.8, 4) is 0 Å². The molecular formula is C12H15N. The van der Waals surface area contributed by atoms with Gasteiger partial charge in [-0.25, -0.2) is 0 Å². The minimum Gasteiger partial charge on any atom is -0.399 e. The van der Waals surface area contributed by atoms with E-state index in [1.165, 1.54) is 16.7 Å². The fraction of sp³-hybridized carbons (Fsp3) is 0.333. The van der Waals surface area contributed by atoms with Crippen molar-refractivity contribution in [3.05, 3.63) is 34.9 Å². The van der Waals surface area contributed by atoms with Crippen LogP contribution in [0.15, 0.2) is 23.8 Å². The summed E-state index contributed by atoms with van der Waals surface area (Å²) >= 11 is 0. The molecule has 0 saturated heterocycles. The largest absolute Gasteiger partial charge is 0.399 e. The van der Waals surface area contributed by atoms with Crippen LogP contribution >= 0.6 is 0 Å². The van der Waals surface area contributed by atoms with Crippen LogP contribution in [0.2, 0.25) is 0 Å². The van der Waals surface area contributed by atoms with Crippen molar-refractivity contribution >= 4 is 11.8 Å². The minimum absolute atomic E-state index is 0.184. The summed E-state index contributed by atoms with van der Waals surface area (Å²) in [5.74, 6) is 0. The lowest BCUT2D eigenvalue weighted by molar-refractivity contribution is 0.640. The fourth-order valence-corrected chi connectivity index (χ4v) is 1.90. The molecule has 68 valence electrons. The van der Waals surface area contributed by atoms with Gasteiger partial charge >= 0.3 is 0 Å². The van der Waals surface area contributed by atoms with Crippen LogP contribution in [-0.4, -0.2) is 0 Å². The normalized spacial score (nSPS) is 18.2. The summed E-state index contributed by atoms with van der Waals surface area (Å²) in [5.41, 5.74) is 10.8. The molecule has 13 heavy (non-hydrogen) atoms. The van der Waals surface area contributed by atoms with Gasteiger partial charge in [0.2, 0.25) is 0 Å². The smallest absolute Gasteiger partial charge is 0.0320 e. The first-order valence-electron chi connectivity index (χ1n) is 4.60. The molecule has 1 aliphatic rings. The zero-order valence-electron chi connectivity index (χ0n) is 8.39. The standard InChI is InChI=1S/C12H15N/c1-8-6-9-7-10(13)4-5-11(9)12(8,2)3/h4-7H,13H2,1-3H3. The third-order valence-corrected chi connectivity index (χ3v) is 3.11. The van der Waals surface area contributed by atoms with E-state index in [9.17, 15) is 0 Å². The lowest BCUT2D eigenvalue weighted by Gasteiger charge is -2.22. The Morgan fingerprint density at radius 2 is 1.92 bits per heavy atom. The van der Waals surface area contributed by atoms with Crippen molar-refractivity contribution < 1.29 is 0 Å².